The van der Waals surface area contributed by atoms with E-state index in [0.717, 1.165) is 12.5 Å². The Kier molecular flexibility index (Phi) is 5.04. The fraction of sp³-hybridized carbons (Fsp3) is 0.667. The molecule has 0 amide bonds. The molecule has 1 aliphatic rings. The van der Waals surface area contributed by atoms with Crippen LogP contribution in [0.1, 0.15) is 69.9 Å². The van der Waals surface area contributed by atoms with Crippen LogP contribution in [0.5, 0.6) is 0 Å². The SMILES string of the molecule is CCCNC(C(C)C)C1CCC(C)c2ccccc21. The van der Waals surface area contributed by atoms with E-state index in [2.05, 4.69) is 57.3 Å². The Hall–Kier alpha value is -0.820. The van der Waals surface area contributed by atoms with Gasteiger partial charge in [0.15, 0.2) is 0 Å². The molecule has 0 radical (unpaired) electrons. The second-order valence-corrected chi connectivity index (χ2v) is 6.44. The summed E-state index contributed by atoms with van der Waals surface area (Å²) in [5.74, 6) is 2.11. The Balaban J connectivity index is 2.26. The average molecular weight is 259 g/mol. The van der Waals surface area contributed by atoms with Crippen LogP contribution in [-0.4, -0.2) is 12.6 Å². The molecule has 1 aromatic rings. The molecule has 1 heteroatoms. The zero-order chi connectivity index (χ0) is 13.8. The van der Waals surface area contributed by atoms with E-state index in [1.807, 2.05) is 0 Å². The first-order chi connectivity index (χ1) is 9.15. The highest BCUT2D eigenvalue weighted by atomic mass is 14.9. The van der Waals surface area contributed by atoms with Crippen LogP contribution in [-0.2, 0) is 0 Å². The number of benzene rings is 1. The fourth-order valence-electron chi connectivity index (χ4n) is 3.56. The van der Waals surface area contributed by atoms with E-state index in [1.165, 1.54) is 19.3 Å². The lowest BCUT2D eigenvalue weighted by Crippen LogP contribution is -2.41. The Morgan fingerprint density at radius 2 is 1.84 bits per heavy atom. The van der Waals surface area contributed by atoms with Crippen LogP contribution in [0, 0.1) is 5.92 Å². The lowest BCUT2D eigenvalue weighted by atomic mass is 9.72. The highest BCUT2D eigenvalue weighted by molar-refractivity contribution is 5.36. The molecule has 1 aromatic carbocycles. The topological polar surface area (TPSA) is 12.0 Å². The molecule has 0 fully saturated rings. The summed E-state index contributed by atoms with van der Waals surface area (Å²) in [5, 5.41) is 3.79. The maximum Gasteiger partial charge on any atom is 0.0159 e. The maximum absolute atomic E-state index is 3.79. The van der Waals surface area contributed by atoms with E-state index in [-0.39, 0.29) is 0 Å². The van der Waals surface area contributed by atoms with E-state index in [0.29, 0.717) is 17.9 Å². The van der Waals surface area contributed by atoms with E-state index in [9.17, 15) is 0 Å². The van der Waals surface area contributed by atoms with Gasteiger partial charge >= 0.3 is 0 Å². The van der Waals surface area contributed by atoms with Gasteiger partial charge < -0.3 is 5.32 Å². The fourth-order valence-corrected chi connectivity index (χ4v) is 3.56. The van der Waals surface area contributed by atoms with Crippen LogP contribution in [0.15, 0.2) is 24.3 Å². The lowest BCUT2D eigenvalue weighted by Gasteiger charge is -2.37. The predicted octanol–water partition coefficient (Wildman–Crippen LogP) is 4.69. The molecule has 1 aliphatic carbocycles. The third-order valence-corrected chi connectivity index (χ3v) is 4.62. The van der Waals surface area contributed by atoms with Gasteiger partial charge in [-0.05, 0) is 54.7 Å². The molecule has 3 atom stereocenters. The van der Waals surface area contributed by atoms with E-state index < -0.39 is 0 Å². The Morgan fingerprint density at radius 1 is 1.16 bits per heavy atom. The Morgan fingerprint density at radius 3 is 2.47 bits per heavy atom. The largest absolute Gasteiger partial charge is 0.313 e. The molecule has 0 aliphatic heterocycles. The summed E-state index contributed by atoms with van der Waals surface area (Å²) < 4.78 is 0. The van der Waals surface area contributed by atoms with Crippen LogP contribution in [0.3, 0.4) is 0 Å². The molecule has 1 nitrogen and oxygen atoms in total. The van der Waals surface area contributed by atoms with Gasteiger partial charge in [0, 0.05) is 6.04 Å². The maximum atomic E-state index is 3.79. The van der Waals surface area contributed by atoms with Gasteiger partial charge in [0.1, 0.15) is 0 Å². The molecule has 0 saturated carbocycles. The summed E-state index contributed by atoms with van der Waals surface area (Å²) in [4.78, 5) is 0. The lowest BCUT2D eigenvalue weighted by molar-refractivity contribution is 0.310. The van der Waals surface area contributed by atoms with Crippen molar-refractivity contribution in [2.75, 3.05) is 6.54 Å². The summed E-state index contributed by atoms with van der Waals surface area (Å²) in [5.41, 5.74) is 3.19. The van der Waals surface area contributed by atoms with E-state index in [4.69, 9.17) is 0 Å². The van der Waals surface area contributed by atoms with Gasteiger partial charge in [-0.25, -0.2) is 0 Å². The van der Waals surface area contributed by atoms with Crippen LogP contribution in [0.2, 0.25) is 0 Å². The normalized spacial score (nSPS) is 24.3. The second kappa shape index (κ2) is 6.56. The highest BCUT2D eigenvalue weighted by Gasteiger charge is 2.31. The van der Waals surface area contributed by atoms with Crippen LogP contribution in [0.25, 0.3) is 0 Å². The molecule has 1 N–H and O–H groups in total. The summed E-state index contributed by atoms with van der Waals surface area (Å²) in [7, 11) is 0. The molecule has 0 spiro atoms. The van der Waals surface area contributed by atoms with Crippen molar-refractivity contribution in [1.29, 1.82) is 0 Å². The number of hydrogen-bond donors (Lipinski definition) is 1. The van der Waals surface area contributed by atoms with Gasteiger partial charge in [0.05, 0.1) is 0 Å². The minimum atomic E-state index is 0.619. The van der Waals surface area contributed by atoms with Gasteiger partial charge in [-0.1, -0.05) is 52.0 Å². The molecule has 19 heavy (non-hydrogen) atoms. The summed E-state index contributed by atoms with van der Waals surface area (Å²) in [6.07, 6.45) is 3.88. The monoisotopic (exact) mass is 259 g/mol. The zero-order valence-corrected chi connectivity index (χ0v) is 12.9. The molecule has 0 heterocycles. The van der Waals surface area contributed by atoms with Gasteiger partial charge in [0.2, 0.25) is 0 Å². The van der Waals surface area contributed by atoms with E-state index in [1.54, 1.807) is 11.1 Å². The average Bonchev–Trinajstić information content (AvgIpc) is 2.41. The summed E-state index contributed by atoms with van der Waals surface area (Å²) in [6, 6.07) is 9.72. The van der Waals surface area contributed by atoms with Crippen molar-refractivity contribution < 1.29 is 0 Å². The third kappa shape index (κ3) is 3.20. The number of rotatable bonds is 5. The molecular weight excluding hydrogens is 230 g/mol. The second-order valence-electron chi connectivity index (χ2n) is 6.44. The van der Waals surface area contributed by atoms with Gasteiger partial charge in [-0.2, -0.15) is 0 Å². The summed E-state index contributed by atoms with van der Waals surface area (Å²) >= 11 is 0. The molecular formula is C18H29N. The van der Waals surface area contributed by atoms with Crippen molar-refractivity contribution in [3.63, 3.8) is 0 Å². The number of hydrogen-bond acceptors (Lipinski definition) is 1. The summed E-state index contributed by atoms with van der Waals surface area (Å²) in [6.45, 7) is 10.5. The third-order valence-electron chi connectivity index (χ3n) is 4.62. The van der Waals surface area contributed by atoms with Gasteiger partial charge in [-0.3, -0.25) is 0 Å². The first-order valence-electron chi connectivity index (χ1n) is 7.97. The quantitative estimate of drug-likeness (QED) is 0.808. The Labute approximate surface area is 118 Å². The van der Waals surface area contributed by atoms with Crippen molar-refractivity contribution in [3.05, 3.63) is 35.4 Å². The van der Waals surface area contributed by atoms with Crippen molar-refractivity contribution >= 4 is 0 Å². The standard InChI is InChI=1S/C18H29N/c1-5-12-19-18(13(2)3)17-11-10-14(4)15-8-6-7-9-16(15)17/h6-9,13-14,17-19H,5,10-12H2,1-4H3. The molecule has 0 aromatic heterocycles. The van der Waals surface area contributed by atoms with Crippen LogP contribution >= 0.6 is 0 Å². The van der Waals surface area contributed by atoms with Crippen LogP contribution < -0.4 is 5.32 Å². The smallest absolute Gasteiger partial charge is 0.0159 e. The first kappa shape index (κ1) is 14.6. The molecule has 0 saturated heterocycles. The molecule has 3 unspecified atom stereocenters. The van der Waals surface area contributed by atoms with Crippen molar-refractivity contribution in [1.82, 2.24) is 5.32 Å². The number of fused-ring (bicyclic) bond motifs is 1. The predicted molar refractivity (Wildman–Crippen MR) is 83.8 cm³/mol. The molecule has 106 valence electrons. The van der Waals surface area contributed by atoms with E-state index >= 15 is 0 Å². The number of nitrogens with one attached hydrogen (secondary N) is 1. The van der Waals surface area contributed by atoms with Crippen molar-refractivity contribution in [3.8, 4) is 0 Å². The molecule has 2 rings (SSSR count). The van der Waals surface area contributed by atoms with Crippen LogP contribution in [0.4, 0.5) is 0 Å². The molecule has 0 bridgehead atoms. The first-order valence-corrected chi connectivity index (χ1v) is 7.97. The van der Waals surface area contributed by atoms with Gasteiger partial charge in [0.25, 0.3) is 0 Å². The minimum Gasteiger partial charge on any atom is -0.313 e. The van der Waals surface area contributed by atoms with Crippen molar-refractivity contribution in [2.24, 2.45) is 5.92 Å². The Bertz CT molecular complexity index is 396. The van der Waals surface area contributed by atoms with Gasteiger partial charge in [-0.15, -0.1) is 0 Å². The van der Waals surface area contributed by atoms with Crippen molar-refractivity contribution in [2.45, 2.75) is 64.8 Å². The highest BCUT2D eigenvalue weighted by Crippen LogP contribution is 2.41. The minimum absolute atomic E-state index is 0.619. The zero-order valence-electron chi connectivity index (χ0n) is 12.9.